The minimum absolute atomic E-state index is 0.0802. The zero-order valence-corrected chi connectivity index (χ0v) is 18.6. The quantitative estimate of drug-likeness (QED) is 0.659. The molecule has 1 saturated carbocycles. The first kappa shape index (κ1) is 22.2. The molecule has 0 radical (unpaired) electrons. The Balaban J connectivity index is 1.16. The molecule has 0 spiro atoms. The van der Waals surface area contributed by atoms with Gasteiger partial charge in [-0.1, -0.05) is 30.3 Å². The second-order valence-corrected chi connectivity index (χ2v) is 8.79. The molecule has 1 heterocycles. The van der Waals surface area contributed by atoms with E-state index in [4.69, 9.17) is 4.74 Å². The number of nitrogens with one attached hydrogen (secondary N) is 2. The topological polar surface area (TPSA) is 70.7 Å². The van der Waals surface area contributed by atoms with Crippen LogP contribution in [0.25, 0.3) is 0 Å². The van der Waals surface area contributed by atoms with Crippen LogP contribution in [0.3, 0.4) is 0 Å². The van der Waals surface area contributed by atoms with Crippen LogP contribution in [0.2, 0.25) is 0 Å². The largest absolute Gasteiger partial charge is 0.490 e. The van der Waals surface area contributed by atoms with Gasteiger partial charge in [0, 0.05) is 31.2 Å². The van der Waals surface area contributed by atoms with Crippen LogP contribution in [-0.2, 0) is 11.2 Å². The predicted molar refractivity (Wildman–Crippen MR) is 126 cm³/mol. The first-order valence-electron chi connectivity index (χ1n) is 11.8. The zero-order chi connectivity index (χ0) is 22.2. The van der Waals surface area contributed by atoms with E-state index in [1.54, 1.807) is 0 Å². The van der Waals surface area contributed by atoms with Gasteiger partial charge in [0.25, 0.3) is 0 Å². The Hall–Kier alpha value is -3.02. The maximum Gasteiger partial charge on any atom is 0.321 e. The first-order chi connectivity index (χ1) is 15.7. The van der Waals surface area contributed by atoms with Crippen LogP contribution in [-0.4, -0.2) is 42.1 Å². The number of urea groups is 1. The van der Waals surface area contributed by atoms with E-state index >= 15 is 0 Å². The molecule has 3 amide bonds. The van der Waals surface area contributed by atoms with Crippen LogP contribution < -0.4 is 15.4 Å². The fraction of sp³-hybridized carbons (Fsp3) is 0.462. The van der Waals surface area contributed by atoms with Gasteiger partial charge in [-0.15, -0.1) is 0 Å². The summed E-state index contributed by atoms with van der Waals surface area (Å²) < 4.78 is 5.98. The summed E-state index contributed by atoms with van der Waals surface area (Å²) in [6.45, 7) is 1.27. The molecule has 0 unspecified atom stereocenters. The Morgan fingerprint density at radius 3 is 2.28 bits per heavy atom. The van der Waals surface area contributed by atoms with E-state index < -0.39 is 0 Å². The molecule has 0 bridgehead atoms. The highest BCUT2D eigenvalue weighted by atomic mass is 16.5. The molecule has 32 heavy (non-hydrogen) atoms. The summed E-state index contributed by atoms with van der Waals surface area (Å²) in [7, 11) is 0. The minimum Gasteiger partial charge on any atom is -0.490 e. The van der Waals surface area contributed by atoms with E-state index in [1.165, 1.54) is 18.4 Å². The van der Waals surface area contributed by atoms with Crippen molar-refractivity contribution >= 4 is 17.6 Å². The van der Waals surface area contributed by atoms with Gasteiger partial charge in [-0.05, 0) is 74.8 Å². The summed E-state index contributed by atoms with van der Waals surface area (Å²) in [4.78, 5) is 26.7. The van der Waals surface area contributed by atoms with Crippen molar-refractivity contribution in [1.82, 2.24) is 10.2 Å². The Morgan fingerprint density at radius 1 is 0.906 bits per heavy atom. The van der Waals surface area contributed by atoms with Crippen LogP contribution in [0.15, 0.2) is 54.6 Å². The fourth-order valence-electron chi connectivity index (χ4n) is 4.45. The first-order valence-corrected chi connectivity index (χ1v) is 11.8. The molecular formula is C26H33N3O3. The number of ether oxygens (including phenoxy) is 1. The Labute approximate surface area is 190 Å². The lowest BCUT2D eigenvalue weighted by molar-refractivity contribution is -0.122. The lowest BCUT2D eigenvalue weighted by Crippen LogP contribution is -2.47. The molecule has 170 valence electrons. The lowest BCUT2D eigenvalue weighted by Gasteiger charge is -2.32. The number of amides is 3. The summed E-state index contributed by atoms with van der Waals surface area (Å²) in [6.07, 6.45) is 7.86. The number of nitrogens with zero attached hydrogens (tertiary/aromatic N) is 1. The molecule has 2 aromatic rings. The number of benzene rings is 2. The van der Waals surface area contributed by atoms with Crippen molar-refractivity contribution in [3.05, 3.63) is 60.2 Å². The van der Waals surface area contributed by atoms with E-state index in [2.05, 4.69) is 10.6 Å². The van der Waals surface area contributed by atoms with Gasteiger partial charge < -0.3 is 20.3 Å². The molecule has 4 rings (SSSR count). The molecule has 2 N–H and O–H groups in total. The van der Waals surface area contributed by atoms with Crippen LogP contribution in [0.4, 0.5) is 10.5 Å². The SMILES string of the molecule is O=C(CCc1ccccc1)NC1CCN(C(=O)Nc2ccc(OC3CCCC3)cc2)CC1. The van der Waals surface area contributed by atoms with E-state index in [0.717, 1.165) is 43.5 Å². The van der Waals surface area contributed by atoms with Gasteiger partial charge in [0.1, 0.15) is 5.75 Å². The van der Waals surface area contributed by atoms with Gasteiger partial charge in [0.2, 0.25) is 5.91 Å². The van der Waals surface area contributed by atoms with Crippen molar-refractivity contribution in [3.8, 4) is 5.75 Å². The molecule has 0 aromatic heterocycles. The van der Waals surface area contributed by atoms with Gasteiger partial charge >= 0.3 is 6.03 Å². The second-order valence-electron chi connectivity index (χ2n) is 8.79. The smallest absolute Gasteiger partial charge is 0.321 e. The highest BCUT2D eigenvalue weighted by Gasteiger charge is 2.24. The summed E-state index contributed by atoms with van der Waals surface area (Å²) in [5.74, 6) is 0.940. The highest BCUT2D eigenvalue weighted by molar-refractivity contribution is 5.89. The predicted octanol–water partition coefficient (Wildman–Crippen LogP) is 4.75. The lowest BCUT2D eigenvalue weighted by atomic mass is 10.0. The molecule has 2 aliphatic rings. The van der Waals surface area contributed by atoms with E-state index in [1.807, 2.05) is 59.5 Å². The van der Waals surface area contributed by atoms with Crippen molar-refractivity contribution in [2.75, 3.05) is 18.4 Å². The van der Waals surface area contributed by atoms with Crippen LogP contribution in [0, 0.1) is 0 Å². The zero-order valence-electron chi connectivity index (χ0n) is 18.6. The number of aryl methyl sites for hydroxylation is 1. The van der Waals surface area contributed by atoms with E-state index in [0.29, 0.717) is 25.6 Å². The van der Waals surface area contributed by atoms with E-state index in [-0.39, 0.29) is 18.0 Å². The maximum absolute atomic E-state index is 12.6. The fourth-order valence-corrected chi connectivity index (χ4v) is 4.45. The number of hydrogen-bond donors (Lipinski definition) is 2. The number of rotatable bonds is 7. The van der Waals surface area contributed by atoms with Gasteiger partial charge in [-0.25, -0.2) is 4.79 Å². The Morgan fingerprint density at radius 2 is 1.59 bits per heavy atom. The monoisotopic (exact) mass is 435 g/mol. The molecular weight excluding hydrogens is 402 g/mol. The average Bonchev–Trinajstić information content (AvgIpc) is 3.33. The number of hydrogen-bond acceptors (Lipinski definition) is 3. The van der Waals surface area contributed by atoms with E-state index in [9.17, 15) is 9.59 Å². The highest BCUT2D eigenvalue weighted by Crippen LogP contribution is 2.25. The molecule has 2 fully saturated rings. The van der Waals surface area contributed by atoms with Crippen LogP contribution in [0.1, 0.15) is 50.5 Å². The molecule has 6 nitrogen and oxygen atoms in total. The van der Waals surface area contributed by atoms with Gasteiger partial charge in [0.05, 0.1) is 6.10 Å². The number of carbonyl (C=O) groups is 2. The van der Waals surface area contributed by atoms with Crippen molar-refractivity contribution in [3.63, 3.8) is 0 Å². The van der Waals surface area contributed by atoms with Crippen molar-refractivity contribution in [2.24, 2.45) is 0 Å². The maximum atomic E-state index is 12.6. The molecule has 2 aromatic carbocycles. The summed E-state index contributed by atoms with van der Waals surface area (Å²) >= 11 is 0. The molecule has 1 aliphatic carbocycles. The van der Waals surface area contributed by atoms with Crippen molar-refractivity contribution < 1.29 is 14.3 Å². The van der Waals surface area contributed by atoms with Gasteiger partial charge in [-0.2, -0.15) is 0 Å². The summed E-state index contributed by atoms with van der Waals surface area (Å²) in [5, 5.41) is 6.09. The van der Waals surface area contributed by atoms with Crippen LogP contribution >= 0.6 is 0 Å². The molecule has 0 atom stereocenters. The summed E-state index contributed by atoms with van der Waals surface area (Å²) in [6, 6.07) is 17.7. The third kappa shape index (κ3) is 6.49. The average molecular weight is 436 g/mol. The Kier molecular flexibility index (Phi) is 7.64. The molecule has 1 saturated heterocycles. The number of likely N-dealkylation sites (tertiary alicyclic amines) is 1. The van der Waals surface area contributed by atoms with Gasteiger partial charge in [0.15, 0.2) is 0 Å². The van der Waals surface area contributed by atoms with Crippen molar-refractivity contribution in [1.29, 1.82) is 0 Å². The van der Waals surface area contributed by atoms with Gasteiger partial charge in [-0.3, -0.25) is 4.79 Å². The normalized spacial score (nSPS) is 17.2. The Bertz CT molecular complexity index is 871. The second kappa shape index (κ2) is 11.0. The number of piperidine rings is 1. The third-order valence-corrected chi connectivity index (χ3v) is 6.34. The minimum atomic E-state index is -0.0942. The molecule has 1 aliphatic heterocycles. The summed E-state index contributed by atoms with van der Waals surface area (Å²) in [5.41, 5.74) is 1.94. The third-order valence-electron chi connectivity index (χ3n) is 6.34. The van der Waals surface area contributed by atoms with Crippen molar-refractivity contribution in [2.45, 2.75) is 63.5 Å². The molecule has 6 heteroatoms. The number of carbonyl (C=O) groups excluding carboxylic acids is 2. The standard InChI is InChI=1S/C26H33N3O3/c30-25(15-10-20-6-2-1-3-7-20)27-22-16-18-29(19-17-22)26(31)28-21-11-13-24(14-12-21)32-23-8-4-5-9-23/h1-3,6-7,11-14,22-23H,4-5,8-10,15-19H2,(H,27,30)(H,28,31). The van der Waals surface area contributed by atoms with Crippen LogP contribution in [0.5, 0.6) is 5.75 Å². The number of anilines is 1.